The first-order chi connectivity index (χ1) is 13.0. The van der Waals surface area contributed by atoms with Gasteiger partial charge in [0.25, 0.3) is 0 Å². The zero-order chi connectivity index (χ0) is 21.1. The van der Waals surface area contributed by atoms with Crippen molar-refractivity contribution >= 4 is 21.6 Å². The van der Waals surface area contributed by atoms with Crippen molar-refractivity contribution in [3.05, 3.63) is 64.2 Å². The van der Waals surface area contributed by atoms with Crippen molar-refractivity contribution < 1.29 is 13.2 Å². The molecule has 0 radical (unpaired) electrons. The van der Waals surface area contributed by atoms with E-state index in [-0.39, 0.29) is 18.5 Å². The number of nitrogens with one attached hydrogen (secondary N) is 1. The van der Waals surface area contributed by atoms with Gasteiger partial charge in [-0.3, -0.25) is 9.10 Å². The minimum absolute atomic E-state index is 0.212. The molecule has 2 aromatic carbocycles. The quantitative estimate of drug-likeness (QED) is 0.766. The van der Waals surface area contributed by atoms with E-state index in [0.717, 1.165) is 39.2 Å². The topological polar surface area (TPSA) is 66.5 Å². The first kappa shape index (κ1) is 22.0. The molecular formula is C22H30N2O3S. The third kappa shape index (κ3) is 5.35. The summed E-state index contributed by atoms with van der Waals surface area (Å²) in [5.74, 6) is -0.338. The molecule has 1 N–H and O–H groups in total. The van der Waals surface area contributed by atoms with Gasteiger partial charge in [0.05, 0.1) is 18.0 Å². The van der Waals surface area contributed by atoms with Gasteiger partial charge in [-0.25, -0.2) is 8.42 Å². The maximum atomic E-state index is 12.6. The van der Waals surface area contributed by atoms with Gasteiger partial charge in [0.1, 0.15) is 6.54 Å². The summed E-state index contributed by atoms with van der Waals surface area (Å²) in [7, 11) is -3.58. The van der Waals surface area contributed by atoms with Crippen molar-refractivity contribution in [2.45, 2.75) is 47.1 Å². The molecule has 0 saturated heterocycles. The molecule has 0 saturated carbocycles. The molecule has 2 rings (SSSR count). The van der Waals surface area contributed by atoms with Crippen LogP contribution < -0.4 is 9.62 Å². The van der Waals surface area contributed by atoms with Gasteiger partial charge in [-0.05, 0) is 74.1 Å². The fourth-order valence-corrected chi connectivity index (χ4v) is 4.10. The number of rotatable bonds is 7. The van der Waals surface area contributed by atoms with Crippen LogP contribution in [0.4, 0.5) is 5.69 Å². The van der Waals surface area contributed by atoms with Crippen LogP contribution >= 0.6 is 0 Å². The zero-order valence-electron chi connectivity index (χ0n) is 17.5. The molecule has 1 atom stereocenters. The fraction of sp³-hybridized carbons (Fsp3) is 0.409. The van der Waals surface area contributed by atoms with E-state index in [1.807, 2.05) is 39.8 Å². The Bertz CT molecular complexity index is 950. The van der Waals surface area contributed by atoms with Crippen molar-refractivity contribution in [3.8, 4) is 0 Å². The van der Waals surface area contributed by atoms with Crippen molar-refractivity contribution in [2.24, 2.45) is 0 Å². The van der Waals surface area contributed by atoms with Gasteiger partial charge >= 0.3 is 0 Å². The summed E-state index contributed by atoms with van der Waals surface area (Å²) in [6.07, 6.45) is 1.98. The summed E-state index contributed by atoms with van der Waals surface area (Å²) in [6.45, 7) is 9.81. The molecule has 0 heterocycles. The highest BCUT2D eigenvalue weighted by Crippen LogP contribution is 2.22. The summed E-state index contributed by atoms with van der Waals surface area (Å²) in [5, 5.41) is 2.93. The highest BCUT2D eigenvalue weighted by atomic mass is 32.2. The second-order valence-electron chi connectivity index (χ2n) is 7.37. The Kier molecular flexibility index (Phi) is 6.88. The molecule has 5 nitrogen and oxygen atoms in total. The van der Waals surface area contributed by atoms with Crippen molar-refractivity contribution in [1.82, 2.24) is 5.32 Å². The Labute approximate surface area is 168 Å². The molecule has 2 aromatic rings. The van der Waals surface area contributed by atoms with Gasteiger partial charge in [0, 0.05) is 0 Å². The number of carbonyl (C=O) groups excluding carboxylic acids is 1. The van der Waals surface area contributed by atoms with E-state index < -0.39 is 10.0 Å². The average Bonchev–Trinajstić information content (AvgIpc) is 2.62. The van der Waals surface area contributed by atoms with Gasteiger partial charge < -0.3 is 5.32 Å². The average molecular weight is 403 g/mol. The van der Waals surface area contributed by atoms with Crippen LogP contribution in [0.5, 0.6) is 0 Å². The Balaban J connectivity index is 2.18. The molecule has 0 unspecified atom stereocenters. The lowest BCUT2D eigenvalue weighted by molar-refractivity contribution is -0.120. The lowest BCUT2D eigenvalue weighted by Crippen LogP contribution is -2.41. The molecule has 0 aliphatic carbocycles. The van der Waals surface area contributed by atoms with Gasteiger partial charge in [0.2, 0.25) is 15.9 Å². The molecule has 152 valence electrons. The van der Waals surface area contributed by atoms with Gasteiger partial charge in [-0.2, -0.15) is 0 Å². The Hall–Kier alpha value is -2.34. The molecule has 0 spiro atoms. The van der Waals surface area contributed by atoms with E-state index in [4.69, 9.17) is 0 Å². The number of aryl methyl sites for hydroxylation is 4. The number of sulfonamides is 1. The van der Waals surface area contributed by atoms with Gasteiger partial charge in [-0.15, -0.1) is 0 Å². The Morgan fingerprint density at radius 3 is 2.14 bits per heavy atom. The summed E-state index contributed by atoms with van der Waals surface area (Å²) >= 11 is 0. The number of hydrogen-bond acceptors (Lipinski definition) is 3. The van der Waals surface area contributed by atoms with Crippen molar-refractivity contribution in [2.75, 3.05) is 17.1 Å². The predicted molar refractivity (Wildman–Crippen MR) is 115 cm³/mol. The van der Waals surface area contributed by atoms with E-state index >= 15 is 0 Å². The zero-order valence-corrected chi connectivity index (χ0v) is 18.4. The van der Waals surface area contributed by atoms with Crippen LogP contribution in [0.3, 0.4) is 0 Å². The normalized spacial score (nSPS) is 12.5. The number of nitrogens with zero attached hydrogens (tertiary/aromatic N) is 1. The molecule has 0 aliphatic rings. The maximum absolute atomic E-state index is 12.6. The van der Waals surface area contributed by atoms with Crippen LogP contribution in [0.25, 0.3) is 0 Å². The van der Waals surface area contributed by atoms with Crippen molar-refractivity contribution in [3.63, 3.8) is 0 Å². The van der Waals surface area contributed by atoms with Gasteiger partial charge in [-0.1, -0.05) is 31.2 Å². The molecular weight excluding hydrogens is 372 g/mol. The van der Waals surface area contributed by atoms with Crippen LogP contribution in [0, 0.1) is 20.8 Å². The maximum Gasteiger partial charge on any atom is 0.241 e. The fourth-order valence-electron chi connectivity index (χ4n) is 3.24. The summed E-state index contributed by atoms with van der Waals surface area (Å²) < 4.78 is 25.7. The Morgan fingerprint density at radius 1 is 1.04 bits per heavy atom. The number of hydrogen-bond donors (Lipinski definition) is 1. The SMILES string of the molecule is CCc1ccc(N(CC(=O)N[C@@H](C)c2cc(C)c(C)cc2C)S(C)(=O)=O)cc1. The first-order valence-electron chi connectivity index (χ1n) is 9.46. The third-order valence-corrected chi connectivity index (χ3v) is 6.19. The smallest absolute Gasteiger partial charge is 0.241 e. The number of benzene rings is 2. The minimum atomic E-state index is -3.58. The number of carbonyl (C=O) groups is 1. The highest BCUT2D eigenvalue weighted by Gasteiger charge is 2.22. The third-order valence-electron chi connectivity index (χ3n) is 5.05. The molecule has 0 aromatic heterocycles. The second kappa shape index (κ2) is 8.78. The summed E-state index contributed by atoms with van der Waals surface area (Å²) in [6, 6.07) is 11.2. The van der Waals surface area contributed by atoms with E-state index in [9.17, 15) is 13.2 Å². The van der Waals surface area contributed by atoms with E-state index in [1.165, 1.54) is 5.56 Å². The van der Waals surface area contributed by atoms with Crippen LogP contribution in [0.2, 0.25) is 0 Å². The number of anilines is 1. The summed E-state index contributed by atoms with van der Waals surface area (Å²) in [4.78, 5) is 12.6. The first-order valence-corrected chi connectivity index (χ1v) is 11.3. The van der Waals surface area contributed by atoms with Crippen LogP contribution in [0.1, 0.15) is 47.7 Å². The van der Waals surface area contributed by atoms with Crippen LogP contribution in [-0.2, 0) is 21.2 Å². The molecule has 0 bridgehead atoms. The van der Waals surface area contributed by atoms with Crippen molar-refractivity contribution in [1.29, 1.82) is 0 Å². The van der Waals surface area contributed by atoms with E-state index in [2.05, 4.69) is 24.4 Å². The van der Waals surface area contributed by atoms with Gasteiger partial charge in [0.15, 0.2) is 0 Å². The predicted octanol–water partition coefficient (Wildman–Crippen LogP) is 3.82. The lowest BCUT2D eigenvalue weighted by atomic mass is 9.96. The monoisotopic (exact) mass is 402 g/mol. The molecule has 6 heteroatoms. The highest BCUT2D eigenvalue weighted by molar-refractivity contribution is 7.92. The van der Waals surface area contributed by atoms with Crippen LogP contribution in [0.15, 0.2) is 36.4 Å². The Morgan fingerprint density at radius 2 is 1.61 bits per heavy atom. The molecule has 1 amide bonds. The minimum Gasteiger partial charge on any atom is -0.348 e. The van der Waals surface area contributed by atoms with E-state index in [0.29, 0.717) is 5.69 Å². The summed E-state index contributed by atoms with van der Waals surface area (Å²) in [5.41, 5.74) is 6.11. The largest absolute Gasteiger partial charge is 0.348 e. The van der Waals surface area contributed by atoms with Crippen LogP contribution in [-0.4, -0.2) is 27.1 Å². The second-order valence-corrected chi connectivity index (χ2v) is 9.28. The van der Waals surface area contributed by atoms with E-state index in [1.54, 1.807) is 12.1 Å². The number of amides is 1. The lowest BCUT2D eigenvalue weighted by Gasteiger charge is -2.24. The molecule has 0 aliphatic heterocycles. The standard InChI is InChI=1S/C22H30N2O3S/c1-7-19-8-10-20(11-9-19)24(28(6,26)27)14-22(25)23-18(5)21-13-16(3)15(2)12-17(21)4/h8-13,18H,7,14H2,1-6H3,(H,23,25)/t18-/m0/s1. The molecule has 28 heavy (non-hydrogen) atoms. The molecule has 0 fully saturated rings.